The quantitative estimate of drug-likeness (QED) is 0.933. The fourth-order valence-electron chi connectivity index (χ4n) is 3.14. The molecule has 112 valence electrons. The molecule has 1 fully saturated rings. The Hall–Kier alpha value is -1.75. The minimum Gasteiger partial charge on any atom is -0.356 e. The van der Waals surface area contributed by atoms with Gasteiger partial charge in [0, 0.05) is 31.5 Å². The van der Waals surface area contributed by atoms with Gasteiger partial charge in [0.15, 0.2) is 5.65 Å². The molecule has 2 atom stereocenters. The Morgan fingerprint density at radius 2 is 2.19 bits per heavy atom. The zero-order valence-corrected chi connectivity index (χ0v) is 12.8. The highest BCUT2D eigenvalue weighted by atomic mass is 15.2. The van der Waals surface area contributed by atoms with Gasteiger partial charge in [-0.2, -0.15) is 0 Å². The summed E-state index contributed by atoms with van der Waals surface area (Å²) >= 11 is 0. The van der Waals surface area contributed by atoms with Crippen molar-refractivity contribution in [2.75, 3.05) is 24.5 Å². The number of nitrogens with one attached hydrogen (secondary N) is 1. The second-order valence-corrected chi connectivity index (χ2v) is 5.76. The Labute approximate surface area is 125 Å². The molecule has 5 heteroatoms. The van der Waals surface area contributed by atoms with Gasteiger partial charge in [-0.15, -0.1) is 0 Å². The van der Waals surface area contributed by atoms with Gasteiger partial charge in [0.1, 0.15) is 11.3 Å². The lowest BCUT2D eigenvalue weighted by Crippen LogP contribution is -2.44. The number of aromatic nitrogens is 3. The Balaban J connectivity index is 1.78. The van der Waals surface area contributed by atoms with Crippen LogP contribution in [0.15, 0.2) is 24.5 Å². The van der Waals surface area contributed by atoms with Crippen LogP contribution in [0, 0.1) is 5.92 Å². The SMILES string of the molecule is CCNC(C)C1CCCN(c2ccc3nccnc3n2)C1. The third-order valence-corrected chi connectivity index (χ3v) is 4.33. The van der Waals surface area contributed by atoms with Crippen molar-refractivity contribution in [2.24, 2.45) is 5.92 Å². The summed E-state index contributed by atoms with van der Waals surface area (Å²) in [5.41, 5.74) is 1.59. The van der Waals surface area contributed by atoms with Crippen LogP contribution in [-0.2, 0) is 0 Å². The zero-order valence-electron chi connectivity index (χ0n) is 12.8. The number of pyridine rings is 1. The van der Waals surface area contributed by atoms with Crippen molar-refractivity contribution in [2.45, 2.75) is 32.7 Å². The van der Waals surface area contributed by atoms with Gasteiger partial charge < -0.3 is 10.2 Å². The minimum atomic E-state index is 0.554. The Morgan fingerprint density at radius 3 is 3.05 bits per heavy atom. The molecule has 0 amide bonds. The maximum Gasteiger partial charge on any atom is 0.180 e. The number of hydrogen-bond acceptors (Lipinski definition) is 5. The molecule has 0 aliphatic carbocycles. The van der Waals surface area contributed by atoms with Gasteiger partial charge in [-0.25, -0.2) is 9.97 Å². The number of anilines is 1. The standard InChI is InChI=1S/C16H23N5/c1-3-17-12(2)13-5-4-10-21(11-13)15-7-6-14-16(20-15)19-9-8-18-14/h6-9,12-13,17H,3-5,10-11H2,1-2H3. The van der Waals surface area contributed by atoms with Crippen LogP contribution < -0.4 is 10.2 Å². The van der Waals surface area contributed by atoms with Crippen LogP contribution in [-0.4, -0.2) is 40.6 Å². The molecule has 2 aromatic heterocycles. The van der Waals surface area contributed by atoms with E-state index in [1.807, 2.05) is 6.07 Å². The van der Waals surface area contributed by atoms with E-state index in [9.17, 15) is 0 Å². The molecule has 2 unspecified atom stereocenters. The summed E-state index contributed by atoms with van der Waals surface area (Å²) in [6, 6.07) is 4.64. The maximum atomic E-state index is 4.67. The number of nitrogens with zero attached hydrogens (tertiary/aromatic N) is 4. The average molecular weight is 285 g/mol. The van der Waals surface area contributed by atoms with E-state index in [-0.39, 0.29) is 0 Å². The smallest absolute Gasteiger partial charge is 0.180 e. The second-order valence-electron chi connectivity index (χ2n) is 5.76. The first-order valence-corrected chi connectivity index (χ1v) is 7.84. The van der Waals surface area contributed by atoms with Crippen molar-refractivity contribution in [3.63, 3.8) is 0 Å². The Bertz CT molecular complexity index is 600. The lowest BCUT2D eigenvalue weighted by molar-refractivity contribution is 0.323. The van der Waals surface area contributed by atoms with E-state index in [2.05, 4.69) is 45.1 Å². The fourth-order valence-corrected chi connectivity index (χ4v) is 3.14. The van der Waals surface area contributed by atoms with Crippen molar-refractivity contribution in [3.05, 3.63) is 24.5 Å². The first-order valence-electron chi connectivity index (χ1n) is 7.84. The molecule has 0 radical (unpaired) electrons. The van der Waals surface area contributed by atoms with E-state index < -0.39 is 0 Å². The Kier molecular flexibility index (Phi) is 4.29. The summed E-state index contributed by atoms with van der Waals surface area (Å²) in [6.45, 7) is 7.63. The lowest BCUT2D eigenvalue weighted by atomic mass is 9.91. The van der Waals surface area contributed by atoms with E-state index in [1.165, 1.54) is 12.8 Å². The molecule has 21 heavy (non-hydrogen) atoms. The fraction of sp³-hybridized carbons (Fsp3) is 0.562. The highest BCUT2D eigenvalue weighted by Crippen LogP contribution is 2.24. The molecule has 1 aliphatic heterocycles. The molecule has 1 aliphatic rings. The molecule has 1 N–H and O–H groups in total. The van der Waals surface area contributed by atoms with E-state index in [0.717, 1.165) is 36.6 Å². The number of hydrogen-bond donors (Lipinski definition) is 1. The topological polar surface area (TPSA) is 53.9 Å². The van der Waals surface area contributed by atoms with Gasteiger partial charge in [-0.1, -0.05) is 6.92 Å². The van der Waals surface area contributed by atoms with Crippen molar-refractivity contribution in [1.82, 2.24) is 20.3 Å². The van der Waals surface area contributed by atoms with E-state index >= 15 is 0 Å². The summed E-state index contributed by atoms with van der Waals surface area (Å²) in [5, 5.41) is 3.55. The Morgan fingerprint density at radius 1 is 1.33 bits per heavy atom. The van der Waals surface area contributed by atoms with Crippen LogP contribution in [0.4, 0.5) is 5.82 Å². The molecule has 0 spiro atoms. The molecular formula is C16H23N5. The van der Waals surface area contributed by atoms with Gasteiger partial charge >= 0.3 is 0 Å². The maximum absolute atomic E-state index is 4.67. The van der Waals surface area contributed by atoms with Crippen LogP contribution in [0.5, 0.6) is 0 Å². The number of fused-ring (bicyclic) bond motifs is 1. The number of rotatable bonds is 4. The van der Waals surface area contributed by atoms with Gasteiger partial charge in [0.25, 0.3) is 0 Å². The van der Waals surface area contributed by atoms with Crippen LogP contribution in [0.1, 0.15) is 26.7 Å². The van der Waals surface area contributed by atoms with Crippen LogP contribution >= 0.6 is 0 Å². The van der Waals surface area contributed by atoms with Crippen molar-refractivity contribution >= 4 is 17.0 Å². The molecule has 0 saturated carbocycles. The first-order chi connectivity index (χ1) is 10.3. The molecule has 2 aromatic rings. The van der Waals surface area contributed by atoms with Gasteiger partial charge in [0.05, 0.1) is 0 Å². The number of piperidine rings is 1. The summed E-state index contributed by atoms with van der Waals surface area (Å²) in [4.78, 5) is 15.6. The summed E-state index contributed by atoms with van der Waals surface area (Å²) < 4.78 is 0. The average Bonchev–Trinajstić information content (AvgIpc) is 2.55. The van der Waals surface area contributed by atoms with Gasteiger partial charge in [-0.05, 0) is 44.4 Å². The third kappa shape index (κ3) is 3.13. The van der Waals surface area contributed by atoms with Crippen molar-refractivity contribution < 1.29 is 0 Å². The molecule has 5 nitrogen and oxygen atoms in total. The minimum absolute atomic E-state index is 0.554. The first kappa shape index (κ1) is 14.2. The summed E-state index contributed by atoms with van der Waals surface area (Å²) in [7, 11) is 0. The predicted molar refractivity (Wildman–Crippen MR) is 85.4 cm³/mol. The summed E-state index contributed by atoms with van der Waals surface area (Å²) in [6.07, 6.45) is 5.92. The lowest BCUT2D eigenvalue weighted by Gasteiger charge is -2.36. The molecule has 3 rings (SSSR count). The molecule has 0 bridgehead atoms. The van der Waals surface area contributed by atoms with Crippen LogP contribution in [0.2, 0.25) is 0 Å². The molecule has 0 aromatic carbocycles. The van der Waals surface area contributed by atoms with E-state index in [4.69, 9.17) is 0 Å². The normalized spacial score (nSPS) is 20.7. The molecule has 3 heterocycles. The van der Waals surface area contributed by atoms with Crippen molar-refractivity contribution in [3.8, 4) is 0 Å². The van der Waals surface area contributed by atoms with Gasteiger partial charge in [-0.3, -0.25) is 4.98 Å². The molecular weight excluding hydrogens is 262 g/mol. The highest BCUT2D eigenvalue weighted by Gasteiger charge is 2.25. The second kappa shape index (κ2) is 6.35. The molecule has 1 saturated heterocycles. The summed E-state index contributed by atoms with van der Waals surface area (Å²) in [5.74, 6) is 1.70. The predicted octanol–water partition coefficient (Wildman–Crippen LogP) is 2.24. The van der Waals surface area contributed by atoms with E-state index in [1.54, 1.807) is 12.4 Å². The third-order valence-electron chi connectivity index (χ3n) is 4.33. The monoisotopic (exact) mass is 285 g/mol. The van der Waals surface area contributed by atoms with Gasteiger partial charge in [0.2, 0.25) is 0 Å². The van der Waals surface area contributed by atoms with Crippen LogP contribution in [0.25, 0.3) is 11.2 Å². The van der Waals surface area contributed by atoms with E-state index in [0.29, 0.717) is 12.0 Å². The van der Waals surface area contributed by atoms with Crippen LogP contribution in [0.3, 0.4) is 0 Å². The zero-order chi connectivity index (χ0) is 14.7. The van der Waals surface area contributed by atoms with Crippen molar-refractivity contribution in [1.29, 1.82) is 0 Å². The highest BCUT2D eigenvalue weighted by molar-refractivity contribution is 5.71. The largest absolute Gasteiger partial charge is 0.356 e.